The highest BCUT2D eigenvalue weighted by atomic mass is 32.2. The number of nitrogens with two attached hydrogens (primary N) is 1. The molecule has 0 radical (unpaired) electrons. The first-order valence-corrected chi connectivity index (χ1v) is 14.5. The Bertz CT molecular complexity index is 1560. The van der Waals surface area contributed by atoms with E-state index in [1.165, 1.54) is 49.4 Å². The zero-order valence-electron chi connectivity index (χ0n) is 23.0. The number of nitrogens with one attached hydrogen (secondary N) is 1. The number of piperazine rings is 1. The Morgan fingerprint density at radius 2 is 1.69 bits per heavy atom. The van der Waals surface area contributed by atoms with Crippen molar-refractivity contribution in [2.75, 3.05) is 52.4 Å². The summed E-state index contributed by atoms with van der Waals surface area (Å²) in [5.41, 5.74) is 3.83. The number of benzene rings is 2. The van der Waals surface area contributed by atoms with E-state index < -0.39 is 34.0 Å². The van der Waals surface area contributed by atoms with E-state index in [4.69, 9.17) is 11.0 Å². The van der Waals surface area contributed by atoms with Crippen molar-refractivity contribution < 1.29 is 22.2 Å². The summed E-state index contributed by atoms with van der Waals surface area (Å²) in [6.45, 7) is 6.97. The molecule has 0 bridgehead atoms. The molecule has 1 fully saturated rings. The van der Waals surface area contributed by atoms with Gasteiger partial charge < -0.3 is 11.1 Å². The Morgan fingerprint density at radius 3 is 2.29 bits per heavy atom. The molecule has 0 saturated carbocycles. The number of carbonyl (C=O) groups is 1. The van der Waals surface area contributed by atoms with Gasteiger partial charge in [0.25, 0.3) is 11.5 Å². The molecule has 1 unspecified atom stereocenters. The number of amides is 1. The molecule has 1 saturated heterocycles. The van der Waals surface area contributed by atoms with Crippen LogP contribution in [0.3, 0.4) is 0 Å². The van der Waals surface area contributed by atoms with Gasteiger partial charge in [-0.25, -0.2) is 4.21 Å². The van der Waals surface area contributed by atoms with Gasteiger partial charge in [-0.3, -0.25) is 24.0 Å². The molecule has 42 heavy (non-hydrogen) atoms. The lowest BCUT2D eigenvalue weighted by Crippen LogP contribution is -2.49. The maximum absolute atomic E-state index is 13.6. The molecule has 2 aromatic carbocycles. The van der Waals surface area contributed by atoms with Crippen LogP contribution < -0.4 is 16.6 Å². The number of alkyl halides is 3. The van der Waals surface area contributed by atoms with E-state index >= 15 is 0 Å². The summed E-state index contributed by atoms with van der Waals surface area (Å²) in [5, 5.41) is 11.8. The minimum atomic E-state index is -4.66. The number of rotatable bonds is 9. The number of aromatic nitrogens is 1. The summed E-state index contributed by atoms with van der Waals surface area (Å²) in [6, 6.07) is 13.3. The lowest BCUT2D eigenvalue weighted by atomic mass is 10.1. The van der Waals surface area contributed by atoms with Crippen LogP contribution >= 0.6 is 0 Å². The van der Waals surface area contributed by atoms with Gasteiger partial charge in [0, 0.05) is 68.6 Å². The van der Waals surface area contributed by atoms with Crippen LogP contribution in [0.4, 0.5) is 13.2 Å². The standard InChI is InChI=1S/C29H31F3N6O3S/c1-20-26(42(41)24-7-5-21(19-34)6-8-24)18-25(27(39)35-10-12-37-15-13-36(11-9-33)14-16-37)28(40)38(20)23-4-2-3-22(17-23)29(30,31)32/h2-8,17-18H,9-16,33H2,1H3,(H,35,39). The highest BCUT2D eigenvalue weighted by Crippen LogP contribution is 2.31. The number of pyridine rings is 1. The smallest absolute Gasteiger partial charge is 0.351 e. The van der Waals surface area contributed by atoms with Crippen LogP contribution in [0.2, 0.25) is 0 Å². The fourth-order valence-electron chi connectivity index (χ4n) is 4.78. The molecule has 0 aliphatic carbocycles. The Labute approximate surface area is 243 Å². The van der Waals surface area contributed by atoms with Crippen molar-refractivity contribution in [1.82, 2.24) is 19.7 Å². The molecule has 1 aliphatic heterocycles. The second-order valence-electron chi connectivity index (χ2n) is 9.83. The van der Waals surface area contributed by atoms with E-state index in [0.29, 0.717) is 23.5 Å². The Morgan fingerprint density at radius 1 is 1.05 bits per heavy atom. The molecule has 222 valence electrons. The predicted molar refractivity (Wildman–Crippen MR) is 152 cm³/mol. The summed E-state index contributed by atoms with van der Waals surface area (Å²) in [4.78, 5) is 31.7. The molecule has 1 aromatic heterocycles. The highest BCUT2D eigenvalue weighted by molar-refractivity contribution is 7.85. The van der Waals surface area contributed by atoms with Gasteiger partial charge in [-0.15, -0.1) is 0 Å². The normalized spacial score (nSPS) is 15.2. The van der Waals surface area contributed by atoms with Crippen molar-refractivity contribution in [3.8, 4) is 11.8 Å². The van der Waals surface area contributed by atoms with Crippen molar-refractivity contribution >= 4 is 16.7 Å². The summed E-state index contributed by atoms with van der Waals surface area (Å²) in [7, 11) is -1.92. The number of nitrogens with zero attached hydrogens (tertiary/aromatic N) is 4. The van der Waals surface area contributed by atoms with Crippen LogP contribution in [0, 0.1) is 18.3 Å². The molecule has 3 N–H and O–H groups in total. The van der Waals surface area contributed by atoms with Crippen LogP contribution in [0.5, 0.6) is 0 Å². The van der Waals surface area contributed by atoms with Gasteiger partial charge in [0.1, 0.15) is 5.56 Å². The fourth-order valence-corrected chi connectivity index (χ4v) is 6.01. The summed E-state index contributed by atoms with van der Waals surface area (Å²) in [6.07, 6.45) is -4.66. The van der Waals surface area contributed by atoms with Crippen molar-refractivity contribution in [2.24, 2.45) is 5.73 Å². The molecule has 1 aliphatic rings. The van der Waals surface area contributed by atoms with Gasteiger partial charge in [0.2, 0.25) is 0 Å². The summed E-state index contributed by atoms with van der Waals surface area (Å²) in [5.74, 6) is -0.722. The second-order valence-corrected chi connectivity index (χ2v) is 11.3. The van der Waals surface area contributed by atoms with Gasteiger partial charge in [-0.1, -0.05) is 6.07 Å². The minimum Gasteiger partial charge on any atom is -0.351 e. The minimum absolute atomic E-state index is 0.0814. The lowest BCUT2D eigenvalue weighted by molar-refractivity contribution is -0.137. The van der Waals surface area contributed by atoms with Gasteiger partial charge in [-0.05, 0) is 55.5 Å². The molecule has 1 amide bonds. The first-order valence-electron chi connectivity index (χ1n) is 13.3. The van der Waals surface area contributed by atoms with Gasteiger partial charge >= 0.3 is 6.18 Å². The van der Waals surface area contributed by atoms with E-state index in [0.717, 1.165) is 49.4 Å². The monoisotopic (exact) mass is 600 g/mol. The van der Waals surface area contributed by atoms with Crippen molar-refractivity contribution in [3.05, 3.63) is 87.3 Å². The summed E-state index contributed by atoms with van der Waals surface area (Å²) < 4.78 is 55.1. The molecule has 0 spiro atoms. The molecule has 4 rings (SSSR count). The molecular formula is C29H31F3N6O3S. The lowest BCUT2D eigenvalue weighted by Gasteiger charge is -2.34. The number of hydrogen-bond donors (Lipinski definition) is 2. The van der Waals surface area contributed by atoms with Crippen LogP contribution in [-0.2, 0) is 17.0 Å². The van der Waals surface area contributed by atoms with E-state index in [2.05, 4.69) is 15.1 Å². The third-order valence-corrected chi connectivity index (χ3v) is 8.61. The van der Waals surface area contributed by atoms with E-state index in [9.17, 15) is 27.0 Å². The largest absolute Gasteiger partial charge is 0.416 e. The van der Waals surface area contributed by atoms with Crippen LogP contribution in [0.1, 0.15) is 27.2 Å². The van der Waals surface area contributed by atoms with Gasteiger partial charge in [0.05, 0.1) is 32.9 Å². The second kappa shape index (κ2) is 13.4. The third kappa shape index (κ3) is 7.14. The van der Waals surface area contributed by atoms with Crippen molar-refractivity contribution in [2.45, 2.75) is 22.9 Å². The Balaban J connectivity index is 1.67. The Kier molecular flexibility index (Phi) is 9.95. The molecule has 13 heteroatoms. The quantitative estimate of drug-likeness (QED) is 0.387. The average molecular weight is 601 g/mol. The molecule has 9 nitrogen and oxygen atoms in total. The van der Waals surface area contributed by atoms with E-state index in [-0.39, 0.29) is 28.4 Å². The molecule has 1 atom stereocenters. The topological polar surface area (TPSA) is 124 Å². The van der Waals surface area contributed by atoms with Crippen molar-refractivity contribution in [3.63, 3.8) is 0 Å². The number of hydrogen-bond acceptors (Lipinski definition) is 7. The van der Waals surface area contributed by atoms with Gasteiger partial charge in [-0.2, -0.15) is 18.4 Å². The van der Waals surface area contributed by atoms with Crippen molar-refractivity contribution in [1.29, 1.82) is 5.26 Å². The average Bonchev–Trinajstić information content (AvgIpc) is 2.98. The molecule has 3 aromatic rings. The fraction of sp³-hybridized carbons (Fsp3) is 0.345. The first-order chi connectivity index (χ1) is 20.0. The Hall–Kier alpha value is -3.83. The summed E-state index contributed by atoms with van der Waals surface area (Å²) >= 11 is 0. The van der Waals surface area contributed by atoms with E-state index in [1.54, 1.807) is 0 Å². The number of nitriles is 1. The van der Waals surface area contributed by atoms with Gasteiger partial charge in [0.15, 0.2) is 0 Å². The number of carbonyl (C=O) groups excluding carboxylic acids is 1. The van der Waals surface area contributed by atoms with E-state index in [1.807, 2.05) is 6.07 Å². The zero-order valence-corrected chi connectivity index (χ0v) is 23.8. The zero-order chi connectivity index (χ0) is 30.4. The molecule has 2 heterocycles. The van der Waals surface area contributed by atoms with Crippen LogP contribution in [0.15, 0.2) is 69.2 Å². The SMILES string of the molecule is Cc1c(S(=O)c2ccc(C#N)cc2)cc(C(=O)NCCN2CCN(CCN)CC2)c(=O)n1-c1cccc(C(F)(F)F)c1. The first kappa shape index (κ1) is 31.1. The van der Waals surface area contributed by atoms with Crippen LogP contribution in [0.25, 0.3) is 5.69 Å². The highest BCUT2D eigenvalue weighted by Gasteiger charge is 2.31. The maximum atomic E-state index is 13.6. The maximum Gasteiger partial charge on any atom is 0.416 e. The third-order valence-electron chi connectivity index (χ3n) is 7.10. The predicted octanol–water partition coefficient (Wildman–Crippen LogP) is 2.51. The molecular weight excluding hydrogens is 569 g/mol. The van der Waals surface area contributed by atoms with Crippen LogP contribution in [-0.4, -0.2) is 76.8 Å². The number of halogens is 3.